The number of nitrogens with zero attached hydrogens (tertiary/aromatic N) is 1. The number of benzene rings is 1. The van der Waals surface area contributed by atoms with Crippen LogP contribution in [0.2, 0.25) is 5.02 Å². The molecule has 0 aliphatic heterocycles. The molecule has 0 unspecified atom stereocenters. The Morgan fingerprint density at radius 2 is 1.95 bits per heavy atom. The van der Waals surface area contributed by atoms with Gasteiger partial charge in [-0.2, -0.15) is 0 Å². The van der Waals surface area contributed by atoms with E-state index in [2.05, 4.69) is 4.98 Å². The van der Waals surface area contributed by atoms with Crippen molar-refractivity contribution in [3.8, 4) is 0 Å². The van der Waals surface area contributed by atoms with Crippen molar-refractivity contribution in [2.75, 3.05) is 10.5 Å². The first kappa shape index (κ1) is 14.5. The number of nitrogens with two attached hydrogens (primary N) is 1. The Balaban J connectivity index is 2.43. The lowest BCUT2D eigenvalue weighted by molar-refractivity contribution is 0.486. The Kier molecular flexibility index (Phi) is 3.78. The Hall–Kier alpha value is -1.93. The average molecular weight is 320 g/mol. The fraction of sp³-hybridized carbons (Fsp3) is 0. The molecule has 0 aliphatic carbocycles. The zero-order valence-corrected chi connectivity index (χ0v) is 11.3. The van der Waals surface area contributed by atoms with Crippen LogP contribution in [0, 0.1) is 11.6 Å². The molecule has 0 spiro atoms. The van der Waals surface area contributed by atoms with Crippen LogP contribution in [0.1, 0.15) is 0 Å². The van der Waals surface area contributed by atoms with E-state index in [1.165, 1.54) is 18.3 Å². The zero-order valence-electron chi connectivity index (χ0n) is 9.77. The summed E-state index contributed by atoms with van der Waals surface area (Å²) in [5.74, 6) is -2.95. The number of sulfonamides is 1. The highest BCUT2D eigenvalue weighted by atomic mass is 35.5. The lowest BCUT2D eigenvalue weighted by Gasteiger charge is -2.09. The summed E-state index contributed by atoms with van der Waals surface area (Å²) in [5, 5.41) is 0.300. The second-order valence-electron chi connectivity index (χ2n) is 3.78. The van der Waals surface area contributed by atoms with Gasteiger partial charge in [-0.05, 0) is 24.3 Å². The van der Waals surface area contributed by atoms with Crippen molar-refractivity contribution >= 4 is 33.1 Å². The van der Waals surface area contributed by atoms with Crippen molar-refractivity contribution in [1.29, 1.82) is 0 Å². The number of nitrogen functional groups attached to an aromatic ring is 1. The predicted molar refractivity (Wildman–Crippen MR) is 70.8 cm³/mol. The second kappa shape index (κ2) is 5.22. The summed E-state index contributed by atoms with van der Waals surface area (Å²) in [6, 6.07) is 4.18. The van der Waals surface area contributed by atoms with E-state index >= 15 is 0 Å². The molecule has 0 radical (unpaired) electrons. The van der Waals surface area contributed by atoms with E-state index in [-0.39, 0.29) is 11.5 Å². The Bertz CT molecular complexity index is 751. The summed E-state index contributed by atoms with van der Waals surface area (Å²) < 4.78 is 52.7. The third kappa shape index (κ3) is 2.97. The molecule has 3 N–H and O–H groups in total. The van der Waals surface area contributed by atoms with Crippen molar-refractivity contribution < 1.29 is 17.2 Å². The SMILES string of the molecule is Nc1cc(F)c(F)c(S(=O)(=O)Nc2ccc(Cl)cn2)c1. The van der Waals surface area contributed by atoms with Gasteiger partial charge in [0.05, 0.1) is 5.02 Å². The highest BCUT2D eigenvalue weighted by Crippen LogP contribution is 2.23. The fourth-order valence-corrected chi connectivity index (χ4v) is 2.65. The van der Waals surface area contributed by atoms with E-state index in [1.807, 2.05) is 4.72 Å². The van der Waals surface area contributed by atoms with Crippen LogP contribution in [0.4, 0.5) is 20.3 Å². The summed E-state index contributed by atoms with van der Waals surface area (Å²) in [5.41, 5.74) is 5.09. The normalized spacial score (nSPS) is 11.3. The maximum Gasteiger partial charge on any atom is 0.266 e. The first-order chi connectivity index (χ1) is 9.29. The van der Waals surface area contributed by atoms with Gasteiger partial charge in [0.15, 0.2) is 11.6 Å². The quantitative estimate of drug-likeness (QED) is 0.851. The van der Waals surface area contributed by atoms with E-state index in [4.69, 9.17) is 17.3 Å². The van der Waals surface area contributed by atoms with Crippen molar-refractivity contribution in [3.05, 3.63) is 47.1 Å². The van der Waals surface area contributed by atoms with Crippen LogP contribution in [0.3, 0.4) is 0 Å². The van der Waals surface area contributed by atoms with Crippen LogP contribution in [-0.4, -0.2) is 13.4 Å². The van der Waals surface area contributed by atoms with Gasteiger partial charge in [0, 0.05) is 11.9 Å². The van der Waals surface area contributed by atoms with Crippen molar-refractivity contribution in [1.82, 2.24) is 4.98 Å². The third-order valence-corrected chi connectivity index (χ3v) is 3.85. The highest BCUT2D eigenvalue weighted by Gasteiger charge is 2.23. The molecule has 0 amide bonds. The zero-order chi connectivity index (χ0) is 14.9. The molecule has 106 valence electrons. The number of hydrogen-bond donors (Lipinski definition) is 2. The Morgan fingerprint density at radius 1 is 1.25 bits per heavy atom. The number of nitrogens with one attached hydrogen (secondary N) is 1. The maximum absolute atomic E-state index is 13.6. The molecule has 1 aromatic carbocycles. The van der Waals surface area contributed by atoms with E-state index in [9.17, 15) is 17.2 Å². The minimum Gasteiger partial charge on any atom is -0.399 e. The third-order valence-electron chi connectivity index (χ3n) is 2.27. The molecule has 0 saturated carbocycles. The van der Waals surface area contributed by atoms with Gasteiger partial charge in [-0.3, -0.25) is 4.72 Å². The molecule has 9 heteroatoms. The van der Waals surface area contributed by atoms with E-state index in [0.29, 0.717) is 11.1 Å². The lowest BCUT2D eigenvalue weighted by atomic mass is 10.3. The summed E-state index contributed by atoms with van der Waals surface area (Å²) >= 11 is 5.60. The number of rotatable bonds is 3. The average Bonchev–Trinajstić information content (AvgIpc) is 2.36. The van der Waals surface area contributed by atoms with Crippen LogP contribution >= 0.6 is 11.6 Å². The van der Waals surface area contributed by atoms with Gasteiger partial charge in [0.25, 0.3) is 10.0 Å². The molecule has 5 nitrogen and oxygen atoms in total. The van der Waals surface area contributed by atoms with Gasteiger partial charge in [0.2, 0.25) is 0 Å². The highest BCUT2D eigenvalue weighted by molar-refractivity contribution is 7.92. The van der Waals surface area contributed by atoms with Gasteiger partial charge < -0.3 is 5.73 Å². The van der Waals surface area contributed by atoms with E-state index in [1.54, 1.807) is 0 Å². The van der Waals surface area contributed by atoms with Gasteiger partial charge in [-0.15, -0.1) is 0 Å². The molecule has 0 bridgehead atoms. The summed E-state index contributed by atoms with van der Waals surface area (Å²) in [6.07, 6.45) is 1.20. The molecular weight excluding hydrogens is 312 g/mol. The predicted octanol–water partition coefficient (Wildman–Crippen LogP) is 2.40. The lowest BCUT2D eigenvalue weighted by Crippen LogP contribution is -2.16. The first-order valence-electron chi connectivity index (χ1n) is 5.18. The van der Waals surface area contributed by atoms with Gasteiger partial charge >= 0.3 is 0 Å². The van der Waals surface area contributed by atoms with Crippen molar-refractivity contribution in [2.45, 2.75) is 4.90 Å². The molecule has 0 aliphatic rings. The standard InChI is InChI=1S/C11H8ClF2N3O2S/c12-6-1-2-10(16-5-6)17-20(18,19)9-4-7(15)3-8(13)11(9)14/h1-5H,15H2,(H,16,17). The molecule has 0 saturated heterocycles. The minimum atomic E-state index is -4.35. The monoisotopic (exact) mass is 319 g/mol. The first-order valence-corrected chi connectivity index (χ1v) is 7.04. The molecular formula is C11H8ClF2N3O2S. The van der Waals surface area contributed by atoms with E-state index < -0.39 is 26.6 Å². The van der Waals surface area contributed by atoms with Gasteiger partial charge in [-0.25, -0.2) is 22.2 Å². The summed E-state index contributed by atoms with van der Waals surface area (Å²) in [7, 11) is -4.35. The van der Waals surface area contributed by atoms with Crippen molar-refractivity contribution in [2.24, 2.45) is 0 Å². The van der Waals surface area contributed by atoms with Crippen LogP contribution in [0.15, 0.2) is 35.4 Å². The smallest absolute Gasteiger partial charge is 0.266 e. The molecule has 20 heavy (non-hydrogen) atoms. The number of hydrogen-bond acceptors (Lipinski definition) is 4. The number of anilines is 2. The summed E-state index contributed by atoms with van der Waals surface area (Å²) in [6.45, 7) is 0. The van der Waals surface area contributed by atoms with Crippen molar-refractivity contribution in [3.63, 3.8) is 0 Å². The molecule has 0 fully saturated rings. The Labute approximate surface area is 118 Å². The molecule has 1 aromatic heterocycles. The molecule has 2 rings (SSSR count). The van der Waals surface area contributed by atoms with Gasteiger partial charge in [0.1, 0.15) is 10.7 Å². The fourth-order valence-electron chi connectivity index (χ4n) is 1.41. The molecule has 1 heterocycles. The number of pyridine rings is 1. The van der Waals surface area contributed by atoms with Crippen LogP contribution in [0.25, 0.3) is 0 Å². The Morgan fingerprint density at radius 3 is 2.55 bits per heavy atom. The number of aromatic nitrogens is 1. The second-order valence-corrected chi connectivity index (χ2v) is 5.87. The topological polar surface area (TPSA) is 85.1 Å². The van der Waals surface area contributed by atoms with E-state index in [0.717, 1.165) is 6.07 Å². The van der Waals surface area contributed by atoms with Crippen LogP contribution in [0.5, 0.6) is 0 Å². The largest absolute Gasteiger partial charge is 0.399 e. The van der Waals surface area contributed by atoms with Crippen LogP contribution < -0.4 is 10.5 Å². The maximum atomic E-state index is 13.6. The minimum absolute atomic E-state index is 0.0865. The summed E-state index contributed by atoms with van der Waals surface area (Å²) in [4.78, 5) is 2.80. The van der Waals surface area contributed by atoms with Gasteiger partial charge in [-0.1, -0.05) is 11.6 Å². The molecule has 0 atom stereocenters. The molecule has 2 aromatic rings. The van der Waals surface area contributed by atoms with Crippen LogP contribution in [-0.2, 0) is 10.0 Å². The number of halogens is 3.